The lowest BCUT2D eigenvalue weighted by Crippen LogP contribution is -2.41. The van der Waals surface area contributed by atoms with Crippen molar-refractivity contribution in [2.75, 3.05) is 24.6 Å². The minimum atomic E-state index is 0.0586. The normalized spacial score (nSPS) is 17.5. The molecule has 0 spiro atoms. The predicted octanol–water partition coefficient (Wildman–Crippen LogP) is 1.50. The zero-order chi connectivity index (χ0) is 14.7. The van der Waals surface area contributed by atoms with Crippen LogP contribution in [-0.4, -0.2) is 23.1 Å². The van der Waals surface area contributed by atoms with E-state index in [1.54, 1.807) is 12.3 Å². The molecular weight excluding hydrogens is 262 g/mol. The third-order valence-electron chi connectivity index (χ3n) is 4.47. The van der Waals surface area contributed by atoms with Crippen molar-refractivity contribution in [3.63, 3.8) is 0 Å². The standard InChI is InChI=1S/C16H21N5/c17-13-3-8-21-14(15(13)18)11-16(4-9-20-10-5-16)12-1-6-19-7-2-12/h1-3,6-8,20H,4-5,9-11,18H2,(H2,17,21). The number of rotatable bonds is 3. The summed E-state index contributed by atoms with van der Waals surface area (Å²) >= 11 is 0. The van der Waals surface area contributed by atoms with Crippen LogP contribution in [0.2, 0.25) is 0 Å². The molecular formula is C16H21N5. The maximum atomic E-state index is 6.12. The summed E-state index contributed by atoms with van der Waals surface area (Å²) in [6, 6.07) is 5.96. The lowest BCUT2D eigenvalue weighted by atomic mass is 9.70. The number of nitrogens with two attached hydrogens (primary N) is 2. The molecule has 0 radical (unpaired) electrons. The van der Waals surface area contributed by atoms with Crippen molar-refractivity contribution >= 4 is 11.4 Å². The van der Waals surface area contributed by atoms with Gasteiger partial charge in [-0.15, -0.1) is 0 Å². The third-order valence-corrected chi connectivity index (χ3v) is 4.47. The average molecular weight is 283 g/mol. The van der Waals surface area contributed by atoms with Gasteiger partial charge in [-0.3, -0.25) is 9.97 Å². The molecule has 5 nitrogen and oxygen atoms in total. The molecule has 5 N–H and O–H groups in total. The summed E-state index contributed by atoms with van der Waals surface area (Å²) in [5.74, 6) is 0. The van der Waals surface area contributed by atoms with E-state index in [4.69, 9.17) is 11.5 Å². The van der Waals surface area contributed by atoms with Crippen molar-refractivity contribution < 1.29 is 0 Å². The summed E-state index contributed by atoms with van der Waals surface area (Å²) in [6.07, 6.45) is 8.39. The first-order valence-corrected chi connectivity index (χ1v) is 7.31. The Hall–Kier alpha value is -2.14. The highest BCUT2D eigenvalue weighted by molar-refractivity contribution is 5.65. The van der Waals surface area contributed by atoms with E-state index in [9.17, 15) is 0 Å². The largest absolute Gasteiger partial charge is 0.397 e. The topological polar surface area (TPSA) is 89.8 Å². The number of aromatic nitrogens is 2. The van der Waals surface area contributed by atoms with Crippen LogP contribution in [0.5, 0.6) is 0 Å². The second-order valence-electron chi connectivity index (χ2n) is 5.70. The van der Waals surface area contributed by atoms with Crippen LogP contribution >= 0.6 is 0 Å². The fourth-order valence-electron chi connectivity index (χ4n) is 3.17. The smallest absolute Gasteiger partial charge is 0.0767 e. The zero-order valence-electron chi connectivity index (χ0n) is 12.0. The first-order valence-electron chi connectivity index (χ1n) is 7.31. The maximum absolute atomic E-state index is 6.12. The Morgan fingerprint density at radius 2 is 1.76 bits per heavy atom. The molecule has 3 heterocycles. The van der Waals surface area contributed by atoms with Gasteiger partial charge in [0.15, 0.2) is 0 Å². The van der Waals surface area contributed by atoms with Gasteiger partial charge in [0.2, 0.25) is 0 Å². The number of anilines is 2. The van der Waals surface area contributed by atoms with Crippen molar-refractivity contribution in [3.8, 4) is 0 Å². The van der Waals surface area contributed by atoms with Crippen LogP contribution in [0.15, 0.2) is 36.8 Å². The number of nitrogens with zero attached hydrogens (tertiary/aromatic N) is 2. The number of hydrogen-bond acceptors (Lipinski definition) is 5. The van der Waals surface area contributed by atoms with Crippen LogP contribution in [0.4, 0.5) is 11.4 Å². The molecule has 0 bridgehead atoms. The highest BCUT2D eigenvalue weighted by Crippen LogP contribution is 2.37. The monoisotopic (exact) mass is 283 g/mol. The van der Waals surface area contributed by atoms with Crippen LogP contribution in [0, 0.1) is 0 Å². The molecule has 1 saturated heterocycles. The van der Waals surface area contributed by atoms with Crippen molar-refractivity contribution in [1.82, 2.24) is 15.3 Å². The van der Waals surface area contributed by atoms with E-state index in [1.807, 2.05) is 12.4 Å². The lowest BCUT2D eigenvalue weighted by molar-refractivity contribution is 0.303. The summed E-state index contributed by atoms with van der Waals surface area (Å²) in [5.41, 5.74) is 15.5. The van der Waals surface area contributed by atoms with E-state index in [0.717, 1.165) is 38.0 Å². The second-order valence-corrected chi connectivity index (χ2v) is 5.70. The van der Waals surface area contributed by atoms with Gasteiger partial charge in [-0.05, 0) is 49.7 Å². The van der Waals surface area contributed by atoms with Gasteiger partial charge >= 0.3 is 0 Å². The molecule has 0 saturated carbocycles. The Bertz CT molecular complexity index is 605. The molecule has 1 aliphatic rings. The second kappa shape index (κ2) is 5.69. The minimum absolute atomic E-state index is 0.0586. The van der Waals surface area contributed by atoms with E-state index in [2.05, 4.69) is 27.4 Å². The van der Waals surface area contributed by atoms with Gasteiger partial charge in [-0.25, -0.2) is 0 Å². The van der Waals surface area contributed by atoms with Crippen LogP contribution in [-0.2, 0) is 11.8 Å². The number of pyridine rings is 2. The molecule has 21 heavy (non-hydrogen) atoms. The molecule has 0 atom stereocenters. The predicted molar refractivity (Wildman–Crippen MR) is 84.8 cm³/mol. The molecule has 3 rings (SSSR count). The Labute approximate surface area is 124 Å². The van der Waals surface area contributed by atoms with E-state index >= 15 is 0 Å². The fourth-order valence-corrected chi connectivity index (χ4v) is 3.17. The molecule has 5 heteroatoms. The summed E-state index contributed by atoms with van der Waals surface area (Å²) in [4.78, 5) is 8.60. The Balaban J connectivity index is 1.99. The average Bonchev–Trinajstić information content (AvgIpc) is 2.54. The van der Waals surface area contributed by atoms with Crippen LogP contribution < -0.4 is 16.8 Å². The summed E-state index contributed by atoms with van der Waals surface area (Å²) in [6.45, 7) is 2.01. The van der Waals surface area contributed by atoms with Crippen molar-refractivity contribution in [2.45, 2.75) is 24.7 Å². The molecule has 110 valence electrons. The van der Waals surface area contributed by atoms with Gasteiger partial charge in [0.05, 0.1) is 17.1 Å². The molecule has 0 amide bonds. The number of piperidine rings is 1. The van der Waals surface area contributed by atoms with E-state index < -0.39 is 0 Å². The zero-order valence-corrected chi connectivity index (χ0v) is 12.0. The van der Waals surface area contributed by atoms with Crippen molar-refractivity contribution in [1.29, 1.82) is 0 Å². The van der Waals surface area contributed by atoms with Crippen molar-refractivity contribution in [3.05, 3.63) is 48.0 Å². The van der Waals surface area contributed by atoms with E-state index in [0.29, 0.717) is 11.4 Å². The molecule has 2 aromatic rings. The number of nitrogen functional groups attached to an aromatic ring is 2. The highest BCUT2D eigenvalue weighted by atomic mass is 14.9. The molecule has 1 fully saturated rings. The number of hydrogen-bond donors (Lipinski definition) is 3. The SMILES string of the molecule is Nc1ccnc(CC2(c3ccncc3)CCNCC2)c1N. The van der Waals surface area contributed by atoms with Gasteiger partial charge in [-0.1, -0.05) is 0 Å². The lowest BCUT2D eigenvalue weighted by Gasteiger charge is -2.38. The van der Waals surface area contributed by atoms with Gasteiger partial charge in [0.25, 0.3) is 0 Å². The molecule has 1 aliphatic heterocycles. The van der Waals surface area contributed by atoms with Gasteiger partial charge in [-0.2, -0.15) is 0 Å². The van der Waals surface area contributed by atoms with Gasteiger partial charge < -0.3 is 16.8 Å². The molecule has 2 aromatic heterocycles. The fraction of sp³-hybridized carbons (Fsp3) is 0.375. The highest BCUT2D eigenvalue weighted by Gasteiger charge is 2.35. The van der Waals surface area contributed by atoms with Crippen LogP contribution in [0.1, 0.15) is 24.1 Å². The first kappa shape index (κ1) is 13.8. The van der Waals surface area contributed by atoms with Crippen LogP contribution in [0.3, 0.4) is 0 Å². The first-order chi connectivity index (χ1) is 10.2. The Morgan fingerprint density at radius 3 is 2.48 bits per heavy atom. The Kier molecular flexibility index (Phi) is 3.75. The third kappa shape index (κ3) is 2.69. The van der Waals surface area contributed by atoms with Crippen molar-refractivity contribution in [2.24, 2.45) is 0 Å². The van der Waals surface area contributed by atoms with E-state index in [1.165, 1.54) is 5.56 Å². The number of nitrogens with one attached hydrogen (secondary N) is 1. The Morgan fingerprint density at radius 1 is 1.05 bits per heavy atom. The summed E-state index contributed by atoms with van der Waals surface area (Å²) in [5, 5.41) is 3.43. The molecule has 0 aliphatic carbocycles. The van der Waals surface area contributed by atoms with Gasteiger partial charge in [0.1, 0.15) is 0 Å². The molecule has 0 unspecified atom stereocenters. The van der Waals surface area contributed by atoms with E-state index in [-0.39, 0.29) is 5.41 Å². The quantitative estimate of drug-likeness (QED) is 0.794. The summed E-state index contributed by atoms with van der Waals surface area (Å²) in [7, 11) is 0. The van der Waals surface area contributed by atoms with Gasteiger partial charge in [0, 0.05) is 30.4 Å². The molecule has 0 aromatic carbocycles. The van der Waals surface area contributed by atoms with Crippen LogP contribution in [0.25, 0.3) is 0 Å². The minimum Gasteiger partial charge on any atom is -0.397 e. The maximum Gasteiger partial charge on any atom is 0.0767 e. The summed E-state index contributed by atoms with van der Waals surface area (Å²) < 4.78 is 0.